The third-order valence-corrected chi connectivity index (χ3v) is 7.59. The molecular weight excluding hydrogens is 396 g/mol. The van der Waals surface area contributed by atoms with E-state index in [0.29, 0.717) is 30.0 Å². The first-order valence-corrected chi connectivity index (χ1v) is 11.3. The zero-order chi connectivity index (χ0) is 19.7. The smallest absolute Gasteiger partial charge is 0.245 e. The summed E-state index contributed by atoms with van der Waals surface area (Å²) in [4.78, 5) is 21.3. The predicted molar refractivity (Wildman–Crippen MR) is 109 cm³/mol. The van der Waals surface area contributed by atoms with Crippen LogP contribution >= 0.6 is 11.3 Å². The Bertz CT molecular complexity index is 1120. The number of benzene rings is 1. The van der Waals surface area contributed by atoms with E-state index in [-0.39, 0.29) is 17.3 Å². The largest absolute Gasteiger partial charge is 0.302 e. The molecule has 1 aromatic carbocycles. The molecule has 0 radical (unpaired) electrons. The van der Waals surface area contributed by atoms with Gasteiger partial charge < -0.3 is 5.32 Å². The highest BCUT2D eigenvalue weighted by Gasteiger charge is 2.34. The summed E-state index contributed by atoms with van der Waals surface area (Å²) in [7, 11) is -3.75. The first-order valence-electron chi connectivity index (χ1n) is 9.02. The van der Waals surface area contributed by atoms with Crippen molar-refractivity contribution in [3.63, 3.8) is 0 Å². The van der Waals surface area contributed by atoms with E-state index in [2.05, 4.69) is 15.3 Å². The summed E-state index contributed by atoms with van der Waals surface area (Å²) in [6.45, 7) is 2.41. The van der Waals surface area contributed by atoms with Crippen molar-refractivity contribution in [2.45, 2.75) is 24.7 Å². The van der Waals surface area contributed by atoms with Gasteiger partial charge in [0.25, 0.3) is 0 Å². The Kier molecular flexibility index (Phi) is 5.13. The van der Waals surface area contributed by atoms with Crippen molar-refractivity contribution in [1.82, 2.24) is 14.3 Å². The summed E-state index contributed by atoms with van der Waals surface area (Å²) >= 11 is 1.36. The fourth-order valence-corrected chi connectivity index (χ4v) is 5.80. The SMILES string of the molecule is Cc1csc(NC(=O)C2CCCN(S(=O)(=O)c3cccc4cccnc34)C2)n1. The van der Waals surface area contributed by atoms with Gasteiger partial charge in [0.1, 0.15) is 4.90 Å². The molecule has 28 heavy (non-hydrogen) atoms. The zero-order valence-corrected chi connectivity index (χ0v) is 17.0. The number of piperidine rings is 1. The van der Waals surface area contributed by atoms with Crippen molar-refractivity contribution >= 4 is 43.3 Å². The third kappa shape index (κ3) is 3.65. The highest BCUT2D eigenvalue weighted by molar-refractivity contribution is 7.89. The zero-order valence-electron chi connectivity index (χ0n) is 15.3. The van der Waals surface area contributed by atoms with E-state index in [9.17, 15) is 13.2 Å². The predicted octanol–water partition coefficient (Wildman–Crippen LogP) is 3.04. The van der Waals surface area contributed by atoms with Crippen molar-refractivity contribution < 1.29 is 13.2 Å². The molecule has 7 nitrogen and oxygen atoms in total. The molecule has 1 aliphatic rings. The molecule has 1 atom stereocenters. The number of amides is 1. The number of nitrogens with one attached hydrogen (secondary N) is 1. The number of thiazole rings is 1. The summed E-state index contributed by atoms with van der Waals surface area (Å²) in [6.07, 6.45) is 2.87. The summed E-state index contributed by atoms with van der Waals surface area (Å²) < 4.78 is 27.9. The lowest BCUT2D eigenvalue weighted by molar-refractivity contribution is -0.120. The van der Waals surface area contributed by atoms with Crippen LogP contribution in [0.5, 0.6) is 0 Å². The number of hydrogen-bond acceptors (Lipinski definition) is 6. The number of hydrogen-bond donors (Lipinski definition) is 1. The van der Waals surface area contributed by atoms with Crippen molar-refractivity contribution in [1.29, 1.82) is 0 Å². The lowest BCUT2D eigenvalue weighted by Crippen LogP contribution is -2.43. The molecule has 1 amide bonds. The van der Waals surface area contributed by atoms with Crippen molar-refractivity contribution in [3.8, 4) is 0 Å². The fourth-order valence-electron chi connectivity index (χ4n) is 3.42. The Balaban J connectivity index is 1.57. The number of carbonyl (C=O) groups excluding carboxylic acids is 1. The molecule has 1 aliphatic heterocycles. The molecule has 1 saturated heterocycles. The number of pyridine rings is 1. The van der Waals surface area contributed by atoms with Crippen LogP contribution in [0, 0.1) is 12.8 Å². The molecule has 0 spiro atoms. The van der Waals surface area contributed by atoms with Crippen molar-refractivity contribution in [3.05, 3.63) is 47.6 Å². The topological polar surface area (TPSA) is 92.3 Å². The molecule has 0 saturated carbocycles. The van der Waals surface area contributed by atoms with Crippen LogP contribution < -0.4 is 5.32 Å². The second-order valence-corrected chi connectivity index (χ2v) is 9.58. The van der Waals surface area contributed by atoms with Gasteiger partial charge in [-0.15, -0.1) is 11.3 Å². The lowest BCUT2D eigenvalue weighted by atomic mass is 9.99. The number of carbonyl (C=O) groups is 1. The molecule has 3 aromatic rings. The quantitative estimate of drug-likeness (QED) is 0.706. The van der Waals surface area contributed by atoms with E-state index in [1.54, 1.807) is 24.4 Å². The van der Waals surface area contributed by atoms with E-state index >= 15 is 0 Å². The number of nitrogens with zero attached hydrogens (tertiary/aromatic N) is 3. The Morgan fingerprint density at radius 1 is 1.29 bits per heavy atom. The summed E-state index contributed by atoms with van der Waals surface area (Å²) in [5.74, 6) is -0.596. The lowest BCUT2D eigenvalue weighted by Gasteiger charge is -2.31. The van der Waals surface area contributed by atoms with Gasteiger partial charge in [-0.25, -0.2) is 13.4 Å². The number of rotatable bonds is 4. The maximum Gasteiger partial charge on any atom is 0.245 e. The molecule has 146 valence electrons. The van der Waals surface area contributed by atoms with Crippen LogP contribution in [0.4, 0.5) is 5.13 Å². The molecule has 0 aliphatic carbocycles. The number of fused-ring (bicyclic) bond motifs is 1. The van der Waals surface area contributed by atoms with E-state index in [0.717, 1.165) is 11.1 Å². The number of aromatic nitrogens is 2. The molecular formula is C19H20N4O3S2. The standard InChI is InChI=1S/C19H20N4O3S2/c1-13-12-27-19(21-13)22-18(24)15-7-4-10-23(11-15)28(25,26)16-8-2-5-14-6-3-9-20-17(14)16/h2-3,5-6,8-9,12,15H,4,7,10-11H2,1H3,(H,21,22,24). The van der Waals surface area contributed by atoms with Crippen LogP contribution in [0.25, 0.3) is 10.9 Å². The van der Waals surface area contributed by atoms with Gasteiger partial charge in [0.2, 0.25) is 15.9 Å². The van der Waals surface area contributed by atoms with Crippen LogP contribution in [-0.4, -0.2) is 41.7 Å². The summed E-state index contributed by atoms with van der Waals surface area (Å²) in [5, 5.41) is 5.98. The number of para-hydroxylation sites is 1. The highest BCUT2D eigenvalue weighted by Crippen LogP contribution is 2.28. The maximum absolute atomic E-state index is 13.3. The number of aryl methyl sites for hydroxylation is 1. The van der Waals surface area contributed by atoms with Gasteiger partial charge in [0, 0.05) is 30.1 Å². The Labute approximate surface area is 167 Å². The molecule has 9 heteroatoms. The van der Waals surface area contributed by atoms with Crippen molar-refractivity contribution in [2.24, 2.45) is 5.92 Å². The second kappa shape index (κ2) is 7.57. The van der Waals surface area contributed by atoms with Crippen LogP contribution in [0.2, 0.25) is 0 Å². The Hall–Kier alpha value is -2.36. The summed E-state index contributed by atoms with van der Waals surface area (Å²) in [5.41, 5.74) is 1.30. The average molecular weight is 417 g/mol. The van der Waals surface area contributed by atoms with Gasteiger partial charge in [0.15, 0.2) is 5.13 Å². The van der Waals surface area contributed by atoms with E-state index < -0.39 is 15.9 Å². The number of anilines is 1. The Morgan fingerprint density at radius 3 is 2.89 bits per heavy atom. The molecule has 1 unspecified atom stereocenters. The molecule has 1 N–H and O–H groups in total. The minimum atomic E-state index is -3.75. The average Bonchev–Trinajstić information content (AvgIpc) is 3.12. The summed E-state index contributed by atoms with van der Waals surface area (Å²) in [6, 6.07) is 8.75. The molecule has 0 bridgehead atoms. The first kappa shape index (κ1) is 19.0. The first-order chi connectivity index (χ1) is 13.4. The molecule has 1 fully saturated rings. The minimum Gasteiger partial charge on any atom is -0.302 e. The van der Waals surface area contributed by atoms with E-state index in [1.165, 1.54) is 15.6 Å². The van der Waals surface area contributed by atoms with Gasteiger partial charge in [-0.2, -0.15) is 4.31 Å². The molecule has 4 rings (SSSR count). The van der Waals surface area contributed by atoms with Gasteiger partial charge in [-0.05, 0) is 31.9 Å². The number of sulfonamides is 1. The van der Waals surface area contributed by atoms with Gasteiger partial charge in [-0.1, -0.05) is 18.2 Å². The molecule has 2 aromatic heterocycles. The maximum atomic E-state index is 13.3. The monoisotopic (exact) mass is 416 g/mol. The second-order valence-electron chi connectivity index (χ2n) is 6.82. The van der Waals surface area contributed by atoms with Gasteiger partial charge >= 0.3 is 0 Å². The van der Waals surface area contributed by atoms with Crippen LogP contribution in [0.3, 0.4) is 0 Å². The van der Waals surface area contributed by atoms with Crippen molar-refractivity contribution in [2.75, 3.05) is 18.4 Å². The van der Waals surface area contributed by atoms with Crippen LogP contribution in [0.1, 0.15) is 18.5 Å². The normalized spacial score (nSPS) is 18.2. The van der Waals surface area contributed by atoms with Gasteiger partial charge in [0.05, 0.1) is 17.1 Å². The fraction of sp³-hybridized carbons (Fsp3) is 0.316. The molecule has 3 heterocycles. The van der Waals surface area contributed by atoms with Gasteiger partial charge in [-0.3, -0.25) is 9.78 Å². The third-order valence-electron chi connectivity index (χ3n) is 4.82. The van der Waals surface area contributed by atoms with Crippen LogP contribution in [-0.2, 0) is 14.8 Å². The van der Waals surface area contributed by atoms with E-state index in [4.69, 9.17) is 0 Å². The minimum absolute atomic E-state index is 0.155. The highest BCUT2D eigenvalue weighted by atomic mass is 32.2. The van der Waals surface area contributed by atoms with Crippen LogP contribution in [0.15, 0.2) is 46.8 Å². The van der Waals surface area contributed by atoms with E-state index in [1.807, 2.05) is 24.4 Å². The Morgan fingerprint density at radius 2 is 2.11 bits per heavy atom.